The van der Waals surface area contributed by atoms with Crippen LogP contribution >= 0.6 is 11.6 Å². The Morgan fingerprint density at radius 3 is 2.38 bits per heavy atom. The number of halogens is 1. The van der Waals surface area contributed by atoms with Crippen LogP contribution in [0, 0.1) is 13.8 Å². The van der Waals surface area contributed by atoms with Crippen molar-refractivity contribution in [2.45, 2.75) is 20.3 Å². The third-order valence-electron chi connectivity index (χ3n) is 4.91. The SMILES string of the molecule is Cc1ccc(NC(=O)N2CCN(CCc3ccc(Cl)cc3)CC2)c(C)c1. The second-order valence-corrected chi connectivity index (χ2v) is 7.39. The largest absolute Gasteiger partial charge is 0.322 e. The van der Waals surface area contributed by atoms with Crippen molar-refractivity contribution in [2.75, 3.05) is 38.0 Å². The molecule has 1 aliphatic rings. The molecule has 1 aliphatic heterocycles. The highest BCUT2D eigenvalue weighted by molar-refractivity contribution is 6.30. The summed E-state index contributed by atoms with van der Waals surface area (Å²) in [6.45, 7) is 8.43. The van der Waals surface area contributed by atoms with Crippen molar-refractivity contribution in [3.8, 4) is 0 Å². The average molecular weight is 372 g/mol. The topological polar surface area (TPSA) is 35.6 Å². The van der Waals surface area contributed by atoms with Crippen LogP contribution in [0.5, 0.6) is 0 Å². The van der Waals surface area contributed by atoms with Crippen LogP contribution in [0.3, 0.4) is 0 Å². The molecular formula is C21H26ClN3O. The Balaban J connectivity index is 1.45. The number of urea groups is 1. The molecule has 3 rings (SSSR count). The van der Waals surface area contributed by atoms with Crippen LogP contribution < -0.4 is 5.32 Å². The molecule has 2 aromatic rings. The number of piperazine rings is 1. The monoisotopic (exact) mass is 371 g/mol. The van der Waals surface area contributed by atoms with Gasteiger partial charge in [0.1, 0.15) is 0 Å². The highest BCUT2D eigenvalue weighted by Crippen LogP contribution is 2.17. The van der Waals surface area contributed by atoms with Crippen LogP contribution in [0.2, 0.25) is 5.02 Å². The predicted octanol–water partition coefficient (Wildman–Crippen LogP) is 4.35. The Morgan fingerprint density at radius 1 is 1.04 bits per heavy atom. The fraction of sp³-hybridized carbons (Fsp3) is 0.381. The minimum Gasteiger partial charge on any atom is -0.322 e. The van der Waals surface area contributed by atoms with Gasteiger partial charge in [-0.3, -0.25) is 4.90 Å². The smallest absolute Gasteiger partial charge is 0.321 e. The highest BCUT2D eigenvalue weighted by atomic mass is 35.5. The molecule has 0 unspecified atom stereocenters. The minimum absolute atomic E-state index is 0.00527. The maximum atomic E-state index is 12.5. The molecule has 4 nitrogen and oxygen atoms in total. The van der Waals surface area contributed by atoms with Crippen molar-refractivity contribution in [3.63, 3.8) is 0 Å². The van der Waals surface area contributed by atoms with Gasteiger partial charge in [-0.2, -0.15) is 0 Å². The lowest BCUT2D eigenvalue weighted by atomic mass is 10.1. The fourth-order valence-corrected chi connectivity index (χ4v) is 3.39. The summed E-state index contributed by atoms with van der Waals surface area (Å²) in [6, 6.07) is 14.1. The van der Waals surface area contributed by atoms with Crippen molar-refractivity contribution in [2.24, 2.45) is 0 Å². The molecule has 138 valence electrons. The Morgan fingerprint density at radius 2 is 1.73 bits per heavy atom. The van der Waals surface area contributed by atoms with E-state index in [9.17, 15) is 4.79 Å². The summed E-state index contributed by atoms with van der Waals surface area (Å²) in [7, 11) is 0. The third-order valence-corrected chi connectivity index (χ3v) is 5.16. The number of benzene rings is 2. The molecule has 0 aromatic heterocycles. The first-order chi connectivity index (χ1) is 12.5. The van der Waals surface area contributed by atoms with Crippen LogP contribution in [0.15, 0.2) is 42.5 Å². The van der Waals surface area contributed by atoms with Gasteiger partial charge in [-0.05, 0) is 49.6 Å². The molecule has 0 bridgehead atoms. The normalized spacial score (nSPS) is 15.1. The van der Waals surface area contributed by atoms with E-state index in [2.05, 4.69) is 35.3 Å². The molecule has 0 radical (unpaired) electrons. The second kappa shape index (κ2) is 8.56. The number of hydrogen-bond donors (Lipinski definition) is 1. The first-order valence-corrected chi connectivity index (χ1v) is 9.49. The van der Waals surface area contributed by atoms with Crippen molar-refractivity contribution in [1.82, 2.24) is 9.80 Å². The summed E-state index contributed by atoms with van der Waals surface area (Å²) < 4.78 is 0. The van der Waals surface area contributed by atoms with E-state index in [1.807, 2.05) is 36.1 Å². The highest BCUT2D eigenvalue weighted by Gasteiger charge is 2.21. The summed E-state index contributed by atoms with van der Waals surface area (Å²) in [5.41, 5.74) is 4.49. The molecule has 0 atom stereocenters. The zero-order valence-electron chi connectivity index (χ0n) is 15.5. The summed E-state index contributed by atoms with van der Waals surface area (Å²) in [5, 5.41) is 3.82. The molecule has 1 N–H and O–H groups in total. The maximum absolute atomic E-state index is 12.5. The van der Waals surface area contributed by atoms with E-state index in [4.69, 9.17) is 11.6 Å². The van der Waals surface area contributed by atoms with E-state index < -0.39 is 0 Å². The van der Waals surface area contributed by atoms with Crippen LogP contribution in [0.4, 0.5) is 10.5 Å². The van der Waals surface area contributed by atoms with Gasteiger partial charge in [-0.15, -0.1) is 0 Å². The lowest BCUT2D eigenvalue weighted by Crippen LogP contribution is -2.50. The number of aryl methyl sites for hydroxylation is 2. The second-order valence-electron chi connectivity index (χ2n) is 6.95. The summed E-state index contributed by atoms with van der Waals surface area (Å²) in [5.74, 6) is 0. The van der Waals surface area contributed by atoms with Gasteiger partial charge in [0.2, 0.25) is 0 Å². The number of rotatable bonds is 4. The maximum Gasteiger partial charge on any atom is 0.321 e. The number of amides is 2. The van der Waals surface area contributed by atoms with Gasteiger partial charge in [-0.1, -0.05) is 41.4 Å². The summed E-state index contributed by atoms with van der Waals surface area (Å²) in [6.07, 6.45) is 1.01. The van der Waals surface area contributed by atoms with Crippen molar-refractivity contribution >= 4 is 23.3 Å². The molecule has 2 aromatic carbocycles. The van der Waals surface area contributed by atoms with Crippen LogP contribution in [0.1, 0.15) is 16.7 Å². The van der Waals surface area contributed by atoms with E-state index >= 15 is 0 Å². The predicted molar refractivity (Wildman–Crippen MR) is 108 cm³/mol. The van der Waals surface area contributed by atoms with Gasteiger partial charge in [-0.25, -0.2) is 4.79 Å². The average Bonchev–Trinajstić information content (AvgIpc) is 2.64. The molecule has 1 fully saturated rings. The van der Waals surface area contributed by atoms with E-state index in [1.54, 1.807) is 0 Å². The van der Waals surface area contributed by atoms with Gasteiger partial charge >= 0.3 is 6.03 Å². The zero-order valence-corrected chi connectivity index (χ0v) is 16.2. The standard InChI is InChI=1S/C21H26ClN3O/c1-16-3-8-20(17(2)15-16)23-21(26)25-13-11-24(12-14-25)10-9-18-4-6-19(22)7-5-18/h3-8,15H,9-14H2,1-2H3,(H,23,26). The number of nitrogens with one attached hydrogen (secondary N) is 1. The quantitative estimate of drug-likeness (QED) is 0.867. The number of hydrogen-bond acceptors (Lipinski definition) is 2. The van der Waals surface area contributed by atoms with Crippen molar-refractivity contribution in [3.05, 3.63) is 64.2 Å². The van der Waals surface area contributed by atoms with Gasteiger partial charge in [0.05, 0.1) is 0 Å². The van der Waals surface area contributed by atoms with E-state index in [-0.39, 0.29) is 6.03 Å². The van der Waals surface area contributed by atoms with Crippen LogP contribution in [-0.4, -0.2) is 48.6 Å². The summed E-state index contributed by atoms with van der Waals surface area (Å²) >= 11 is 5.93. The molecule has 26 heavy (non-hydrogen) atoms. The van der Waals surface area contributed by atoms with Crippen molar-refractivity contribution < 1.29 is 4.79 Å². The lowest BCUT2D eigenvalue weighted by Gasteiger charge is -2.34. The van der Waals surface area contributed by atoms with Crippen LogP contribution in [0.25, 0.3) is 0 Å². The third kappa shape index (κ3) is 4.99. The Labute approximate surface area is 160 Å². The Bertz CT molecular complexity index is 752. The molecule has 2 amide bonds. The first-order valence-electron chi connectivity index (χ1n) is 9.11. The molecule has 1 heterocycles. The number of anilines is 1. The molecule has 0 spiro atoms. The van der Waals surface area contributed by atoms with Crippen molar-refractivity contribution in [1.29, 1.82) is 0 Å². The number of nitrogens with zero attached hydrogens (tertiary/aromatic N) is 2. The summed E-state index contributed by atoms with van der Waals surface area (Å²) in [4.78, 5) is 16.8. The van der Waals surface area contributed by atoms with E-state index in [1.165, 1.54) is 11.1 Å². The lowest BCUT2D eigenvalue weighted by molar-refractivity contribution is 0.148. The number of carbonyl (C=O) groups is 1. The van der Waals surface area contributed by atoms with Gasteiger partial charge in [0.15, 0.2) is 0 Å². The van der Waals surface area contributed by atoms with Crippen LogP contribution in [-0.2, 0) is 6.42 Å². The van der Waals surface area contributed by atoms with E-state index in [0.717, 1.165) is 55.4 Å². The number of carbonyl (C=O) groups excluding carboxylic acids is 1. The molecular weight excluding hydrogens is 346 g/mol. The van der Waals surface area contributed by atoms with Gasteiger partial charge < -0.3 is 10.2 Å². The minimum atomic E-state index is -0.00527. The van der Waals surface area contributed by atoms with Gasteiger partial charge in [0, 0.05) is 43.4 Å². The Hall–Kier alpha value is -2.04. The molecule has 0 aliphatic carbocycles. The molecule has 1 saturated heterocycles. The molecule has 0 saturated carbocycles. The molecule has 5 heteroatoms. The Kier molecular flexibility index (Phi) is 6.17. The fourth-order valence-electron chi connectivity index (χ4n) is 3.26. The van der Waals surface area contributed by atoms with E-state index in [0.29, 0.717) is 0 Å². The first kappa shape index (κ1) is 18.7. The zero-order chi connectivity index (χ0) is 18.5. The van der Waals surface area contributed by atoms with Gasteiger partial charge in [0.25, 0.3) is 0 Å².